The maximum atomic E-state index is 5.47. The van der Waals surface area contributed by atoms with Gasteiger partial charge in [0.15, 0.2) is 5.96 Å². The Bertz CT molecular complexity index is 617. The fraction of sp³-hybridized carbons (Fsp3) is 0.650. The fourth-order valence-electron chi connectivity index (χ4n) is 3.99. The molecule has 0 atom stereocenters. The van der Waals surface area contributed by atoms with Crippen LogP contribution >= 0.6 is 24.0 Å². The zero-order valence-electron chi connectivity index (χ0n) is 16.2. The molecule has 26 heavy (non-hydrogen) atoms. The van der Waals surface area contributed by atoms with Crippen molar-refractivity contribution in [1.29, 1.82) is 0 Å². The van der Waals surface area contributed by atoms with Gasteiger partial charge < -0.3 is 19.7 Å². The van der Waals surface area contributed by atoms with E-state index in [0.29, 0.717) is 5.41 Å². The molecule has 2 fully saturated rings. The molecule has 0 amide bonds. The maximum Gasteiger partial charge on any atom is 0.193 e. The molecule has 2 aliphatic rings. The standard InChI is InChI=1S/C20H31N3O2.HI/c1-4-21-19(23-13-11-20(15-23)9-5-10-20)22-12-8-16-14-17(24-2)6-7-18(16)25-3;/h6-7,14H,4-5,8-13,15H2,1-3H3,(H,21,22);1H. The average molecular weight is 473 g/mol. The number of nitrogens with one attached hydrogen (secondary N) is 1. The number of methoxy groups -OCH3 is 2. The summed E-state index contributed by atoms with van der Waals surface area (Å²) in [5, 5.41) is 3.47. The number of rotatable bonds is 6. The monoisotopic (exact) mass is 473 g/mol. The molecule has 1 N–H and O–H groups in total. The normalized spacial score (nSPS) is 18.3. The highest BCUT2D eigenvalue weighted by Crippen LogP contribution is 2.47. The molecule has 1 heterocycles. The minimum atomic E-state index is 0. The molecule has 0 bridgehead atoms. The lowest BCUT2D eigenvalue weighted by Gasteiger charge is -2.38. The van der Waals surface area contributed by atoms with Gasteiger partial charge >= 0.3 is 0 Å². The Hall–Kier alpha value is -1.18. The van der Waals surface area contributed by atoms with Gasteiger partial charge in [-0.2, -0.15) is 0 Å². The molecule has 1 aliphatic carbocycles. The summed E-state index contributed by atoms with van der Waals surface area (Å²) in [7, 11) is 3.40. The average Bonchev–Trinajstić information content (AvgIpc) is 3.07. The first-order valence-electron chi connectivity index (χ1n) is 9.44. The molecule has 3 rings (SSSR count). The highest BCUT2D eigenvalue weighted by Gasteiger charge is 2.43. The first-order chi connectivity index (χ1) is 12.2. The van der Waals surface area contributed by atoms with E-state index < -0.39 is 0 Å². The van der Waals surface area contributed by atoms with Crippen LogP contribution in [0.2, 0.25) is 0 Å². The zero-order valence-corrected chi connectivity index (χ0v) is 18.5. The lowest BCUT2D eigenvalue weighted by atomic mass is 9.68. The van der Waals surface area contributed by atoms with E-state index in [1.807, 2.05) is 18.2 Å². The van der Waals surface area contributed by atoms with Crippen molar-refractivity contribution in [2.75, 3.05) is 40.4 Å². The fourth-order valence-corrected chi connectivity index (χ4v) is 3.99. The Morgan fingerprint density at radius 2 is 2.04 bits per heavy atom. The summed E-state index contributed by atoms with van der Waals surface area (Å²) in [5.41, 5.74) is 1.73. The third-order valence-corrected chi connectivity index (χ3v) is 5.62. The summed E-state index contributed by atoms with van der Waals surface area (Å²) in [6.45, 7) is 6.09. The molecule has 6 heteroatoms. The van der Waals surface area contributed by atoms with Crippen LogP contribution in [0.15, 0.2) is 23.2 Å². The Balaban J connectivity index is 0.00000243. The van der Waals surface area contributed by atoms with E-state index in [4.69, 9.17) is 14.5 Å². The van der Waals surface area contributed by atoms with Gasteiger partial charge in [0.2, 0.25) is 0 Å². The molecule has 5 nitrogen and oxygen atoms in total. The van der Waals surface area contributed by atoms with E-state index in [2.05, 4.69) is 17.1 Å². The summed E-state index contributed by atoms with van der Waals surface area (Å²) >= 11 is 0. The van der Waals surface area contributed by atoms with Crippen molar-refractivity contribution in [3.63, 3.8) is 0 Å². The molecule has 1 aromatic rings. The third-order valence-electron chi connectivity index (χ3n) is 5.62. The maximum absolute atomic E-state index is 5.47. The van der Waals surface area contributed by atoms with Gasteiger partial charge in [-0.05, 0) is 61.8 Å². The number of hydrogen-bond donors (Lipinski definition) is 1. The van der Waals surface area contributed by atoms with Crippen molar-refractivity contribution in [3.8, 4) is 11.5 Å². The highest BCUT2D eigenvalue weighted by molar-refractivity contribution is 14.0. The number of aliphatic imine (C=N–C) groups is 1. The molecular weight excluding hydrogens is 441 g/mol. The topological polar surface area (TPSA) is 46.1 Å². The highest BCUT2D eigenvalue weighted by atomic mass is 127. The van der Waals surface area contributed by atoms with E-state index in [9.17, 15) is 0 Å². The summed E-state index contributed by atoms with van der Waals surface area (Å²) < 4.78 is 10.8. The van der Waals surface area contributed by atoms with Crippen LogP contribution in [-0.2, 0) is 6.42 Å². The molecule has 0 radical (unpaired) electrons. The summed E-state index contributed by atoms with van der Waals surface area (Å²) in [6.07, 6.45) is 6.35. The van der Waals surface area contributed by atoms with Crippen LogP contribution in [0.25, 0.3) is 0 Å². The van der Waals surface area contributed by atoms with Crippen LogP contribution in [-0.4, -0.2) is 51.3 Å². The van der Waals surface area contributed by atoms with Crippen molar-refractivity contribution in [3.05, 3.63) is 23.8 Å². The molecule has 0 unspecified atom stereocenters. The number of guanidine groups is 1. The van der Waals surface area contributed by atoms with Gasteiger partial charge in [0.1, 0.15) is 11.5 Å². The van der Waals surface area contributed by atoms with E-state index in [1.165, 1.54) is 32.2 Å². The summed E-state index contributed by atoms with van der Waals surface area (Å²) in [4.78, 5) is 7.33. The smallest absolute Gasteiger partial charge is 0.193 e. The molecule has 1 aliphatic heterocycles. The van der Waals surface area contributed by atoms with Gasteiger partial charge in [-0.1, -0.05) is 6.42 Å². The SMILES string of the molecule is CCNC(=NCCc1cc(OC)ccc1OC)N1CCC2(CCC2)C1.I. The first-order valence-corrected chi connectivity index (χ1v) is 9.44. The Morgan fingerprint density at radius 1 is 1.23 bits per heavy atom. The van der Waals surface area contributed by atoms with E-state index >= 15 is 0 Å². The van der Waals surface area contributed by atoms with Crippen LogP contribution < -0.4 is 14.8 Å². The molecular formula is C20H32IN3O2. The van der Waals surface area contributed by atoms with Gasteiger partial charge in [0.05, 0.1) is 14.2 Å². The van der Waals surface area contributed by atoms with Crippen molar-refractivity contribution in [2.24, 2.45) is 10.4 Å². The van der Waals surface area contributed by atoms with Gasteiger partial charge in [-0.15, -0.1) is 24.0 Å². The largest absolute Gasteiger partial charge is 0.497 e. The molecule has 1 spiro atoms. The second-order valence-electron chi connectivity index (χ2n) is 7.19. The van der Waals surface area contributed by atoms with Gasteiger partial charge in [-0.25, -0.2) is 0 Å². The van der Waals surface area contributed by atoms with Crippen molar-refractivity contribution in [2.45, 2.75) is 39.0 Å². The zero-order chi connectivity index (χ0) is 17.7. The van der Waals surface area contributed by atoms with Crippen LogP contribution in [0.3, 0.4) is 0 Å². The van der Waals surface area contributed by atoms with E-state index in [0.717, 1.165) is 49.1 Å². The molecule has 146 valence electrons. The number of halogens is 1. The number of ether oxygens (including phenoxy) is 2. The minimum Gasteiger partial charge on any atom is -0.497 e. The predicted molar refractivity (Wildman–Crippen MR) is 117 cm³/mol. The predicted octanol–water partition coefficient (Wildman–Crippen LogP) is 3.71. The molecule has 1 saturated heterocycles. The first kappa shape index (κ1) is 21.1. The van der Waals surface area contributed by atoms with Crippen LogP contribution in [0.1, 0.15) is 38.2 Å². The number of likely N-dealkylation sites (tertiary alicyclic amines) is 1. The van der Waals surface area contributed by atoms with Gasteiger partial charge in [0, 0.05) is 26.2 Å². The molecule has 1 saturated carbocycles. The molecule has 0 aromatic heterocycles. The van der Waals surface area contributed by atoms with Crippen LogP contribution in [0, 0.1) is 5.41 Å². The van der Waals surface area contributed by atoms with Gasteiger partial charge in [-0.3, -0.25) is 4.99 Å². The summed E-state index contributed by atoms with van der Waals surface area (Å²) in [5.74, 6) is 2.82. The number of benzene rings is 1. The Labute approximate surface area is 174 Å². The Morgan fingerprint density at radius 3 is 2.62 bits per heavy atom. The number of nitrogens with zero attached hydrogens (tertiary/aromatic N) is 2. The van der Waals surface area contributed by atoms with Crippen molar-refractivity contribution in [1.82, 2.24) is 10.2 Å². The lowest BCUT2D eigenvalue weighted by molar-refractivity contribution is 0.151. The van der Waals surface area contributed by atoms with E-state index in [-0.39, 0.29) is 24.0 Å². The third kappa shape index (κ3) is 4.75. The second-order valence-corrected chi connectivity index (χ2v) is 7.19. The molecule has 1 aromatic carbocycles. The Kier molecular flexibility index (Phi) is 7.85. The van der Waals surface area contributed by atoms with Crippen LogP contribution in [0.4, 0.5) is 0 Å². The van der Waals surface area contributed by atoms with E-state index in [1.54, 1.807) is 14.2 Å². The number of hydrogen-bond acceptors (Lipinski definition) is 3. The lowest BCUT2D eigenvalue weighted by Crippen LogP contribution is -2.42. The van der Waals surface area contributed by atoms with Gasteiger partial charge in [0.25, 0.3) is 0 Å². The van der Waals surface area contributed by atoms with Crippen molar-refractivity contribution >= 4 is 29.9 Å². The summed E-state index contributed by atoms with van der Waals surface area (Å²) in [6, 6.07) is 5.93. The van der Waals surface area contributed by atoms with Crippen molar-refractivity contribution < 1.29 is 9.47 Å². The minimum absolute atomic E-state index is 0. The van der Waals surface area contributed by atoms with Crippen LogP contribution in [0.5, 0.6) is 11.5 Å². The quantitative estimate of drug-likeness (QED) is 0.389. The second kappa shape index (κ2) is 9.67.